The third-order valence-corrected chi connectivity index (χ3v) is 6.23. The molecule has 0 aliphatic heterocycles. The number of aromatic nitrogens is 2. The lowest BCUT2D eigenvalue weighted by Crippen LogP contribution is -2.27. The van der Waals surface area contributed by atoms with Gasteiger partial charge in [0.15, 0.2) is 0 Å². The van der Waals surface area contributed by atoms with E-state index in [4.69, 9.17) is 28.5 Å². The molecule has 2 aromatic carbocycles. The van der Waals surface area contributed by atoms with Gasteiger partial charge in [-0.2, -0.15) is 5.26 Å². The fourth-order valence-corrected chi connectivity index (χ4v) is 4.38. The zero-order chi connectivity index (χ0) is 21.6. The number of rotatable bonds is 6. The van der Waals surface area contributed by atoms with Crippen molar-refractivity contribution in [2.24, 2.45) is 0 Å². The molecule has 1 aromatic heterocycles. The maximum atomic E-state index is 8.97. The topological polar surface area (TPSA) is 53.6 Å². The van der Waals surface area contributed by atoms with E-state index < -0.39 is 0 Å². The van der Waals surface area contributed by atoms with Crippen LogP contribution in [-0.2, 0) is 13.1 Å². The molecule has 1 aliphatic rings. The molecule has 0 saturated heterocycles. The smallest absolute Gasteiger partial charge is 0.0991 e. The number of nitrogens with one attached hydrogen (secondary N) is 1. The molecule has 31 heavy (non-hydrogen) atoms. The van der Waals surface area contributed by atoms with Gasteiger partial charge in [0.2, 0.25) is 0 Å². The molecule has 1 atom stereocenters. The summed E-state index contributed by atoms with van der Waals surface area (Å²) in [6.45, 7) is 1.46. The number of nitrogens with zero attached hydrogens (tertiary/aromatic N) is 3. The standard InChI is InChI=1S/C25H24Cl2N4/c26-21-9-10-25(27)24(12-21)20-3-1-2-4-22(11-20)30-15-23-14-29-17-31(23)16-19-7-5-18(13-28)6-8-19/h5-12,14,17,22,30H,1-4,15-16H2. The van der Waals surface area contributed by atoms with Crippen molar-refractivity contribution in [2.75, 3.05) is 0 Å². The van der Waals surface area contributed by atoms with E-state index >= 15 is 0 Å². The third-order valence-electron chi connectivity index (χ3n) is 5.67. The van der Waals surface area contributed by atoms with E-state index in [1.54, 1.807) is 0 Å². The normalized spacial score (nSPS) is 16.4. The van der Waals surface area contributed by atoms with Gasteiger partial charge in [-0.1, -0.05) is 47.8 Å². The van der Waals surface area contributed by atoms with E-state index in [1.807, 2.05) is 55.0 Å². The van der Waals surface area contributed by atoms with Crippen LogP contribution in [0.1, 0.15) is 48.1 Å². The van der Waals surface area contributed by atoms with Crippen molar-refractivity contribution >= 4 is 28.8 Å². The summed E-state index contributed by atoms with van der Waals surface area (Å²) in [5.41, 5.74) is 5.24. The molecule has 0 bridgehead atoms. The molecule has 6 heteroatoms. The molecule has 0 spiro atoms. The first-order valence-electron chi connectivity index (χ1n) is 10.5. The lowest BCUT2D eigenvalue weighted by molar-refractivity contribution is 0.525. The van der Waals surface area contributed by atoms with Gasteiger partial charge >= 0.3 is 0 Å². The Morgan fingerprint density at radius 3 is 2.77 bits per heavy atom. The van der Waals surface area contributed by atoms with Gasteiger partial charge in [0.25, 0.3) is 0 Å². The number of allylic oxidation sites excluding steroid dienone is 1. The van der Waals surface area contributed by atoms with E-state index in [1.165, 1.54) is 12.0 Å². The molecule has 1 N–H and O–H groups in total. The molecule has 0 amide bonds. The lowest BCUT2D eigenvalue weighted by Gasteiger charge is -2.16. The van der Waals surface area contributed by atoms with E-state index in [9.17, 15) is 0 Å². The van der Waals surface area contributed by atoms with E-state index in [2.05, 4.69) is 27.0 Å². The zero-order valence-corrected chi connectivity index (χ0v) is 18.7. The highest BCUT2D eigenvalue weighted by atomic mass is 35.5. The molecule has 0 saturated carbocycles. The molecule has 1 heterocycles. The molecule has 0 fully saturated rings. The minimum absolute atomic E-state index is 0.269. The SMILES string of the molecule is N#Cc1ccc(Cn2cncc2CNC2C=C(c3cc(Cl)ccc3Cl)CCCC2)cc1. The lowest BCUT2D eigenvalue weighted by atomic mass is 10.0. The molecular formula is C25H24Cl2N4. The number of imidazole rings is 1. The van der Waals surface area contributed by atoms with Crippen molar-refractivity contribution < 1.29 is 0 Å². The zero-order valence-electron chi connectivity index (χ0n) is 17.2. The summed E-state index contributed by atoms with van der Waals surface area (Å²) in [6, 6.07) is 15.8. The van der Waals surface area contributed by atoms with Crippen LogP contribution in [0.3, 0.4) is 0 Å². The first kappa shape index (κ1) is 21.6. The van der Waals surface area contributed by atoms with E-state index in [-0.39, 0.29) is 6.04 Å². The minimum atomic E-state index is 0.269. The van der Waals surface area contributed by atoms with Gasteiger partial charge in [-0.3, -0.25) is 0 Å². The van der Waals surface area contributed by atoms with Crippen molar-refractivity contribution in [1.82, 2.24) is 14.9 Å². The van der Waals surface area contributed by atoms with Gasteiger partial charge in [-0.25, -0.2) is 4.98 Å². The molecule has 0 radical (unpaired) electrons. The summed E-state index contributed by atoms with van der Waals surface area (Å²) in [4.78, 5) is 4.34. The first-order valence-corrected chi connectivity index (χ1v) is 11.3. The van der Waals surface area contributed by atoms with Crippen LogP contribution in [-0.4, -0.2) is 15.6 Å². The summed E-state index contributed by atoms with van der Waals surface area (Å²) in [5.74, 6) is 0. The second-order valence-corrected chi connectivity index (χ2v) is 8.71. The number of nitriles is 1. The average molecular weight is 451 g/mol. The number of halogens is 2. The Kier molecular flexibility index (Phi) is 7.09. The van der Waals surface area contributed by atoms with Crippen LogP contribution in [0.15, 0.2) is 61.1 Å². The highest BCUT2D eigenvalue weighted by Crippen LogP contribution is 2.32. The first-order chi connectivity index (χ1) is 15.1. The largest absolute Gasteiger partial charge is 0.329 e. The van der Waals surface area contributed by atoms with Gasteiger partial charge in [-0.15, -0.1) is 0 Å². The summed E-state index contributed by atoms with van der Waals surface area (Å²) in [6.07, 6.45) is 10.5. The maximum absolute atomic E-state index is 8.97. The highest BCUT2D eigenvalue weighted by Gasteiger charge is 2.16. The Morgan fingerprint density at radius 1 is 1.13 bits per heavy atom. The van der Waals surface area contributed by atoms with E-state index in [0.717, 1.165) is 54.2 Å². The van der Waals surface area contributed by atoms with Crippen molar-refractivity contribution in [2.45, 2.75) is 44.8 Å². The summed E-state index contributed by atoms with van der Waals surface area (Å²) in [7, 11) is 0. The Labute approximate surface area is 193 Å². The van der Waals surface area contributed by atoms with E-state index in [0.29, 0.717) is 10.6 Å². The molecule has 1 unspecified atom stereocenters. The van der Waals surface area contributed by atoms with Gasteiger partial charge in [-0.05, 0) is 66.3 Å². The predicted molar refractivity (Wildman–Crippen MR) is 126 cm³/mol. The monoisotopic (exact) mass is 450 g/mol. The van der Waals surface area contributed by atoms with Gasteiger partial charge in [0.1, 0.15) is 0 Å². The third kappa shape index (κ3) is 5.57. The van der Waals surface area contributed by atoms with Crippen molar-refractivity contribution in [3.8, 4) is 6.07 Å². The quantitative estimate of drug-likeness (QED) is 0.484. The highest BCUT2D eigenvalue weighted by molar-refractivity contribution is 6.34. The maximum Gasteiger partial charge on any atom is 0.0991 e. The average Bonchev–Trinajstić information content (AvgIpc) is 3.08. The summed E-state index contributed by atoms with van der Waals surface area (Å²) >= 11 is 12.7. The van der Waals surface area contributed by atoms with Crippen LogP contribution in [0, 0.1) is 11.3 Å². The Bertz CT molecular complexity index is 1110. The summed E-state index contributed by atoms with van der Waals surface area (Å²) in [5, 5.41) is 14.1. The van der Waals surface area contributed by atoms with Gasteiger partial charge in [0.05, 0.1) is 23.7 Å². The van der Waals surface area contributed by atoms with Crippen molar-refractivity contribution in [3.05, 3.63) is 93.5 Å². The van der Waals surface area contributed by atoms with Crippen LogP contribution < -0.4 is 5.32 Å². The van der Waals surface area contributed by atoms with Crippen LogP contribution in [0.25, 0.3) is 5.57 Å². The molecule has 3 aromatic rings. The van der Waals surface area contributed by atoms with Gasteiger partial charge in [0, 0.05) is 35.4 Å². The fraction of sp³-hybridized carbons (Fsp3) is 0.280. The molecule has 1 aliphatic carbocycles. The van der Waals surface area contributed by atoms with Crippen LogP contribution in [0.4, 0.5) is 0 Å². The minimum Gasteiger partial charge on any atom is -0.329 e. The van der Waals surface area contributed by atoms with Crippen molar-refractivity contribution in [3.63, 3.8) is 0 Å². The second kappa shape index (κ2) is 10.2. The second-order valence-electron chi connectivity index (χ2n) is 7.87. The Morgan fingerprint density at radius 2 is 1.97 bits per heavy atom. The van der Waals surface area contributed by atoms with Crippen LogP contribution in [0.2, 0.25) is 10.0 Å². The van der Waals surface area contributed by atoms with Crippen LogP contribution >= 0.6 is 23.2 Å². The molecule has 4 rings (SSSR count). The Hall–Kier alpha value is -2.58. The number of hydrogen-bond acceptors (Lipinski definition) is 3. The number of benzene rings is 2. The number of hydrogen-bond donors (Lipinski definition) is 1. The predicted octanol–water partition coefficient (Wildman–Crippen LogP) is 6.23. The fourth-order valence-electron chi connectivity index (χ4n) is 3.97. The molecule has 158 valence electrons. The Balaban J connectivity index is 1.45. The molecular weight excluding hydrogens is 427 g/mol. The van der Waals surface area contributed by atoms with Crippen LogP contribution in [0.5, 0.6) is 0 Å². The van der Waals surface area contributed by atoms with Gasteiger partial charge < -0.3 is 9.88 Å². The van der Waals surface area contributed by atoms with Crippen molar-refractivity contribution in [1.29, 1.82) is 5.26 Å². The summed E-state index contributed by atoms with van der Waals surface area (Å²) < 4.78 is 2.14. The molecule has 4 nitrogen and oxygen atoms in total.